The summed E-state index contributed by atoms with van der Waals surface area (Å²) in [6.45, 7) is 7.93. The second-order valence-electron chi connectivity index (χ2n) is 6.73. The Morgan fingerprint density at radius 3 is 2.50 bits per heavy atom. The van der Waals surface area contributed by atoms with Crippen molar-refractivity contribution < 1.29 is 12.8 Å². The normalized spacial score (nSPS) is 17.3. The van der Waals surface area contributed by atoms with Gasteiger partial charge in [-0.3, -0.25) is 4.90 Å². The number of benzene rings is 1. The summed E-state index contributed by atoms with van der Waals surface area (Å²) in [6, 6.07) is 7.36. The molecule has 0 bridgehead atoms. The number of nitrogens with zero attached hydrogens (tertiary/aromatic N) is 1. The molecule has 7 heteroatoms. The molecule has 5 nitrogen and oxygen atoms in total. The van der Waals surface area contributed by atoms with Crippen molar-refractivity contribution in [3.05, 3.63) is 53.0 Å². The van der Waals surface area contributed by atoms with Crippen molar-refractivity contribution in [2.75, 3.05) is 31.1 Å². The van der Waals surface area contributed by atoms with Crippen LogP contribution in [-0.4, -0.2) is 44.5 Å². The van der Waals surface area contributed by atoms with Crippen molar-refractivity contribution in [3.63, 3.8) is 0 Å². The number of furan rings is 1. The number of hydrogen-bond donors (Lipinski definition) is 1. The van der Waals surface area contributed by atoms with E-state index in [1.807, 2.05) is 50.7 Å². The third-order valence-electron chi connectivity index (χ3n) is 4.91. The van der Waals surface area contributed by atoms with Gasteiger partial charge in [0, 0.05) is 31.1 Å². The largest absolute Gasteiger partial charge is 0.468 e. The highest BCUT2D eigenvalue weighted by Crippen LogP contribution is 2.25. The first-order valence-electron chi connectivity index (χ1n) is 8.81. The molecule has 0 spiro atoms. The van der Waals surface area contributed by atoms with E-state index >= 15 is 0 Å². The van der Waals surface area contributed by atoms with Crippen LogP contribution in [-0.2, 0) is 10.0 Å². The lowest BCUT2D eigenvalue weighted by Crippen LogP contribution is -2.42. The highest BCUT2D eigenvalue weighted by atomic mass is 32.2. The van der Waals surface area contributed by atoms with Gasteiger partial charge >= 0.3 is 0 Å². The number of aryl methyl sites for hydroxylation is 3. The minimum Gasteiger partial charge on any atom is -0.468 e. The van der Waals surface area contributed by atoms with Crippen molar-refractivity contribution in [1.29, 1.82) is 0 Å². The first-order chi connectivity index (χ1) is 12.4. The van der Waals surface area contributed by atoms with E-state index < -0.39 is 10.0 Å². The molecule has 1 N–H and O–H groups in total. The standard InChI is InChI=1S/C19H26N2O3S2/c1-14-11-16(3)19(12-15(14)2)26(22,23)20-13-17(18-5-4-8-24-18)21-6-9-25-10-7-21/h4-5,8,11-12,17,20H,6-7,9-10,13H2,1-3H3. The van der Waals surface area contributed by atoms with Gasteiger partial charge in [-0.25, -0.2) is 13.1 Å². The third kappa shape index (κ3) is 4.34. The molecular weight excluding hydrogens is 368 g/mol. The lowest BCUT2D eigenvalue weighted by Gasteiger charge is -2.33. The van der Waals surface area contributed by atoms with E-state index in [9.17, 15) is 8.42 Å². The van der Waals surface area contributed by atoms with Gasteiger partial charge in [0.25, 0.3) is 0 Å². The second-order valence-corrected chi connectivity index (χ2v) is 9.69. The molecule has 0 amide bonds. The SMILES string of the molecule is Cc1cc(C)c(S(=O)(=O)NCC(c2ccco2)N2CCSCC2)cc1C. The fourth-order valence-corrected chi connectivity index (χ4v) is 5.55. The molecule has 1 aliphatic heterocycles. The Hall–Kier alpha value is -1.28. The van der Waals surface area contributed by atoms with Crippen LogP contribution in [0.4, 0.5) is 0 Å². The van der Waals surface area contributed by atoms with Crippen LogP contribution in [0.25, 0.3) is 0 Å². The highest BCUT2D eigenvalue weighted by molar-refractivity contribution is 7.99. The van der Waals surface area contributed by atoms with E-state index in [0.717, 1.165) is 47.0 Å². The number of nitrogens with one attached hydrogen (secondary N) is 1. The average Bonchev–Trinajstić information content (AvgIpc) is 3.13. The Balaban J connectivity index is 1.81. The number of hydrogen-bond acceptors (Lipinski definition) is 5. The average molecular weight is 395 g/mol. The predicted molar refractivity (Wildman–Crippen MR) is 106 cm³/mol. The van der Waals surface area contributed by atoms with E-state index in [2.05, 4.69) is 9.62 Å². The van der Waals surface area contributed by atoms with E-state index in [1.165, 1.54) is 0 Å². The molecular formula is C19H26N2O3S2. The number of thioether (sulfide) groups is 1. The van der Waals surface area contributed by atoms with E-state index in [0.29, 0.717) is 11.4 Å². The van der Waals surface area contributed by atoms with Crippen molar-refractivity contribution in [2.24, 2.45) is 0 Å². The minimum absolute atomic E-state index is 0.0903. The van der Waals surface area contributed by atoms with E-state index in [1.54, 1.807) is 12.3 Å². The van der Waals surface area contributed by atoms with Crippen molar-refractivity contribution in [3.8, 4) is 0 Å². The van der Waals surface area contributed by atoms with Gasteiger partial charge in [0.05, 0.1) is 17.2 Å². The first-order valence-corrected chi connectivity index (χ1v) is 11.4. The molecule has 26 heavy (non-hydrogen) atoms. The topological polar surface area (TPSA) is 62.6 Å². The lowest BCUT2D eigenvalue weighted by molar-refractivity contribution is 0.193. The molecule has 1 atom stereocenters. The molecule has 1 saturated heterocycles. The summed E-state index contributed by atoms with van der Waals surface area (Å²) in [5.74, 6) is 2.91. The quantitative estimate of drug-likeness (QED) is 0.815. The second kappa shape index (κ2) is 8.17. The molecule has 0 saturated carbocycles. The van der Waals surface area contributed by atoms with Crippen molar-refractivity contribution in [1.82, 2.24) is 9.62 Å². The maximum atomic E-state index is 12.9. The van der Waals surface area contributed by atoms with Crippen LogP contribution in [0.2, 0.25) is 0 Å². The molecule has 2 aromatic rings. The van der Waals surface area contributed by atoms with Gasteiger partial charge in [-0.15, -0.1) is 0 Å². The first kappa shape index (κ1) is 19.5. The Morgan fingerprint density at radius 1 is 1.15 bits per heavy atom. The van der Waals surface area contributed by atoms with Crippen molar-refractivity contribution >= 4 is 21.8 Å². The smallest absolute Gasteiger partial charge is 0.240 e. The highest BCUT2D eigenvalue weighted by Gasteiger charge is 2.27. The van der Waals surface area contributed by atoms with E-state index in [4.69, 9.17) is 4.42 Å². The Bertz CT molecular complexity index is 842. The predicted octanol–water partition coefficient (Wildman–Crippen LogP) is 3.27. The maximum absolute atomic E-state index is 12.9. The van der Waals surface area contributed by atoms with Gasteiger partial charge in [-0.2, -0.15) is 11.8 Å². The fourth-order valence-electron chi connectivity index (χ4n) is 3.27. The van der Waals surface area contributed by atoms with Crippen LogP contribution >= 0.6 is 11.8 Å². The van der Waals surface area contributed by atoms with Crippen LogP contribution in [0.15, 0.2) is 39.8 Å². The molecule has 1 unspecified atom stereocenters. The Labute approximate surface area is 160 Å². The van der Waals surface area contributed by atoms with Gasteiger partial charge in [0.15, 0.2) is 0 Å². The molecule has 2 heterocycles. The summed E-state index contributed by atoms with van der Waals surface area (Å²) in [5, 5.41) is 0. The number of sulfonamides is 1. The monoisotopic (exact) mass is 394 g/mol. The summed E-state index contributed by atoms with van der Waals surface area (Å²) in [6.07, 6.45) is 1.64. The zero-order valence-corrected chi connectivity index (χ0v) is 17.1. The van der Waals surface area contributed by atoms with Crippen LogP contribution in [0.3, 0.4) is 0 Å². The molecule has 1 aromatic heterocycles. The van der Waals surface area contributed by atoms with Crippen molar-refractivity contribution in [2.45, 2.75) is 31.7 Å². The molecule has 1 fully saturated rings. The molecule has 1 aromatic carbocycles. The Morgan fingerprint density at radius 2 is 1.85 bits per heavy atom. The lowest BCUT2D eigenvalue weighted by atomic mass is 10.1. The fraction of sp³-hybridized carbons (Fsp3) is 0.474. The zero-order valence-electron chi connectivity index (χ0n) is 15.5. The van der Waals surface area contributed by atoms with Crippen LogP contribution < -0.4 is 4.72 Å². The third-order valence-corrected chi connectivity index (χ3v) is 7.41. The minimum atomic E-state index is -3.58. The molecule has 0 aliphatic carbocycles. The molecule has 0 radical (unpaired) electrons. The van der Waals surface area contributed by atoms with Gasteiger partial charge < -0.3 is 4.42 Å². The zero-order chi connectivity index (χ0) is 18.7. The van der Waals surface area contributed by atoms with Gasteiger partial charge in [-0.1, -0.05) is 6.07 Å². The van der Waals surface area contributed by atoms with Crippen LogP contribution in [0.5, 0.6) is 0 Å². The van der Waals surface area contributed by atoms with Gasteiger partial charge in [-0.05, 0) is 55.7 Å². The molecule has 1 aliphatic rings. The summed E-state index contributed by atoms with van der Waals surface area (Å²) in [5.41, 5.74) is 2.84. The summed E-state index contributed by atoms with van der Waals surface area (Å²) in [4.78, 5) is 2.65. The maximum Gasteiger partial charge on any atom is 0.240 e. The van der Waals surface area contributed by atoms with Crippen LogP contribution in [0.1, 0.15) is 28.5 Å². The summed E-state index contributed by atoms with van der Waals surface area (Å²) >= 11 is 1.93. The van der Waals surface area contributed by atoms with Crippen LogP contribution in [0, 0.1) is 20.8 Å². The molecule has 142 valence electrons. The summed E-state index contributed by atoms with van der Waals surface area (Å²) < 4.78 is 34.2. The van der Waals surface area contributed by atoms with Gasteiger partial charge in [0.2, 0.25) is 10.0 Å². The Kier molecular flexibility index (Phi) is 6.12. The van der Waals surface area contributed by atoms with Gasteiger partial charge in [0.1, 0.15) is 5.76 Å². The number of rotatable bonds is 6. The summed E-state index contributed by atoms with van der Waals surface area (Å²) in [7, 11) is -3.58. The van der Waals surface area contributed by atoms with E-state index in [-0.39, 0.29) is 6.04 Å². The molecule has 3 rings (SSSR count).